The molecule has 1 aromatic carbocycles. The number of carboxylic acids is 1. The number of carbonyl (C=O) groups excluding carboxylic acids is 1. The number of carbonyl (C=O) groups is 2. The van der Waals surface area contributed by atoms with Gasteiger partial charge in [-0.2, -0.15) is 0 Å². The van der Waals surface area contributed by atoms with Crippen molar-refractivity contribution in [2.45, 2.75) is 12.5 Å². The van der Waals surface area contributed by atoms with Gasteiger partial charge < -0.3 is 25.2 Å². The molecule has 7 nitrogen and oxygen atoms in total. The Kier molecular flexibility index (Phi) is 5.13. The van der Waals surface area contributed by atoms with E-state index in [1.165, 1.54) is 25.3 Å². The lowest BCUT2D eigenvalue weighted by atomic mass is 10.1. The van der Waals surface area contributed by atoms with Gasteiger partial charge in [-0.15, -0.1) is 0 Å². The Morgan fingerprint density at radius 1 is 1.52 bits per heavy atom. The number of hydrogen-bond donors (Lipinski definition) is 3. The second-order valence-corrected chi connectivity index (χ2v) is 4.70. The second kappa shape index (κ2) is 7.05. The molecule has 114 valence electrons. The molecule has 1 amide bonds. The van der Waals surface area contributed by atoms with Crippen molar-refractivity contribution in [3.63, 3.8) is 0 Å². The minimum Gasteiger partial charge on any atom is -0.495 e. The van der Waals surface area contributed by atoms with Crippen LogP contribution in [-0.4, -0.2) is 49.9 Å². The van der Waals surface area contributed by atoms with Crippen molar-refractivity contribution in [3.05, 3.63) is 23.8 Å². The zero-order valence-corrected chi connectivity index (χ0v) is 11.7. The van der Waals surface area contributed by atoms with Gasteiger partial charge in [0.1, 0.15) is 5.75 Å². The third kappa shape index (κ3) is 4.17. The molecule has 1 heterocycles. The van der Waals surface area contributed by atoms with Gasteiger partial charge in [-0.05, 0) is 18.2 Å². The standard InChI is InChI=1S/C14H18N2O5/c1-20-12-3-2-9(14(18)19)6-11(12)16-13(17)7-10-8-21-5-4-15-10/h2-3,6,10,15H,4-5,7-8H2,1H3,(H,16,17)(H,18,19). The first-order chi connectivity index (χ1) is 10.1. The molecule has 1 aromatic rings. The number of nitrogens with one attached hydrogen (secondary N) is 2. The predicted octanol–water partition coefficient (Wildman–Crippen LogP) is 0.710. The van der Waals surface area contributed by atoms with E-state index in [0.717, 1.165) is 6.54 Å². The smallest absolute Gasteiger partial charge is 0.335 e. The highest BCUT2D eigenvalue weighted by molar-refractivity contribution is 5.95. The fraction of sp³-hybridized carbons (Fsp3) is 0.429. The molecule has 21 heavy (non-hydrogen) atoms. The van der Waals surface area contributed by atoms with E-state index in [9.17, 15) is 9.59 Å². The van der Waals surface area contributed by atoms with Gasteiger partial charge in [0.05, 0.1) is 31.6 Å². The Balaban J connectivity index is 2.04. The Hall–Kier alpha value is -2.12. The molecule has 7 heteroatoms. The van der Waals surface area contributed by atoms with Crippen LogP contribution in [0.25, 0.3) is 0 Å². The number of ether oxygens (including phenoxy) is 2. The number of aromatic carboxylic acids is 1. The average molecular weight is 294 g/mol. The molecule has 1 saturated heterocycles. The van der Waals surface area contributed by atoms with Crippen LogP contribution >= 0.6 is 0 Å². The lowest BCUT2D eigenvalue weighted by Crippen LogP contribution is -2.43. The normalized spacial score (nSPS) is 18.0. The summed E-state index contributed by atoms with van der Waals surface area (Å²) in [7, 11) is 1.46. The fourth-order valence-electron chi connectivity index (χ4n) is 2.11. The number of morpholine rings is 1. The van der Waals surface area contributed by atoms with Crippen molar-refractivity contribution in [1.29, 1.82) is 0 Å². The minimum absolute atomic E-state index is 0.0348. The number of hydrogen-bond acceptors (Lipinski definition) is 5. The molecule has 1 aliphatic rings. The summed E-state index contributed by atoms with van der Waals surface area (Å²) in [4.78, 5) is 23.0. The lowest BCUT2D eigenvalue weighted by Gasteiger charge is -2.23. The van der Waals surface area contributed by atoms with Gasteiger partial charge in [0.15, 0.2) is 0 Å². The van der Waals surface area contributed by atoms with Crippen LogP contribution in [-0.2, 0) is 9.53 Å². The van der Waals surface area contributed by atoms with Crippen molar-refractivity contribution >= 4 is 17.6 Å². The fourth-order valence-corrected chi connectivity index (χ4v) is 2.11. The van der Waals surface area contributed by atoms with Crippen LogP contribution in [0.3, 0.4) is 0 Å². The zero-order chi connectivity index (χ0) is 15.2. The van der Waals surface area contributed by atoms with E-state index in [-0.39, 0.29) is 23.9 Å². The number of rotatable bonds is 5. The van der Waals surface area contributed by atoms with Gasteiger partial charge in [-0.25, -0.2) is 4.79 Å². The molecule has 0 bridgehead atoms. The topological polar surface area (TPSA) is 96.9 Å². The van der Waals surface area contributed by atoms with Crippen molar-refractivity contribution in [2.75, 3.05) is 32.2 Å². The molecule has 1 unspecified atom stereocenters. The van der Waals surface area contributed by atoms with E-state index in [0.29, 0.717) is 24.7 Å². The Labute approximate surface area is 122 Å². The van der Waals surface area contributed by atoms with Crippen LogP contribution in [0.2, 0.25) is 0 Å². The summed E-state index contributed by atoms with van der Waals surface area (Å²) in [6.07, 6.45) is 0.250. The second-order valence-electron chi connectivity index (χ2n) is 4.70. The van der Waals surface area contributed by atoms with Crippen LogP contribution in [0.4, 0.5) is 5.69 Å². The quantitative estimate of drug-likeness (QED) is 0.740. The van der Waals surface area contributed by atoms with Crippen LogP contribution in [0.5, 0.6) is 5.75 Å². The molecular weight excluding hydrogens is 276 g/mol. The molecule has 2 rings (SSSR count). The Morgan fingerprint density at radius 3 is 2.95 bits per heavy atom. The first-order valence-corrected chi connectivity index (χ1v) is 6.62. The summed E-state index contributed by atoms with van der Waals surface area (Å²) in [5.41, 5.74) is 0.435. The van der Waals surface area contributed by atoms with Crippen LogP contribution in [0.15, 0.2) is 18.2 Å². The largest absolute Gasteiger partial charge is 0.495 e. The van der Waals surface area contributed by atoms with E-state index in [1.54, 1.807) is 0 Å². The molecule has 0 saturated carbocycles. The summed E-state index contributed by atoms with van der Waals surface area (Å²) in [5, 5.41) is 14.9. The van der Waals surface area contributed by atoms with Gasteiger partial charge in [0.25, 0.3) is 0 Å². The van der Waals surface area contributed by atoms with Crippen LogP contribution in [0, 0.1) is 0 Å². The third-order valence-corrected chi connectivity index (χ3v) is 3.15. The lowest BCUT2D eigenvalue weighted by molar-refractivity contribution is -0.117. The number of amides is 1. The molecule has 0 aliphatic carbocycles. The summed E-state index contributed by atoms with van der Waals surface area (Å²) in [6.45, 7) is 1.85. The average Bonchev–Trinajstić information content (AvgIpc) is 2.48. The maximum absolute atomic E-state index is 12.0. The van der Waals surface area contributed by atoms with Crippen molar-refractivity contribution < 1.29 is 24.2 Å². The molecule has 1 aliphatic heterocycles. The van der Waals surface area contributed by atoms with E-state index < -0.39 is 5.97 Å². The highest BCUT2D eigenvalue weighted by atomic mass is 16.5. The third-order valence-electron chi connectivity index (χ3n) is 3.15. The SMILES string of the molecule is COc1ccc(C(=O)O)cc1NC(=O)CC1COCCN1. The first kappa shape index (κ1) is 15.3. The Morgan fingerprint density at radius 2 is 2.33 bits per heavy atom. The summed E-state index contributed by atoms with van der Waals surface area (Å²) >= 11 is 0. The molecule has 0 radical (unpaired) electrons. The maximum atomic E-state index is 12.0. The summed E-state index contributed by atoms with van der Waals surface area (Å²) in [5.74, 6) is -0.865. The minimum atomic E-state index is -1.06. The van der Waals surface area contributed by atoms with E-state index in [4.69, 9.17) is 14.6 Å². The maximum Gasteiger partial charge on any atom is 0.335 e. The van der Waals surface area contributed by atoms with Crippen molar-refractivity contribution in [1.82, 2.24) is 5.32 Å². The monoisotopic (exact) mass is 294 g/mol. The highest BCUT2D eigenvalue weighted by Crippen LogP contribution is 2.25. The first-order valence-electron chi connectivity index (χ1n) is 6.62. The van der Waals surface area contributed by atoms with E-state index in [1.807, 2.05) is 0 Å². The van der Waals surface area contributed by atoms with Crippen LogP contribution < -0.4 is 15.4 Å². The van der Waals surface area contributed by atoms with Gasteiger partial charge in [-0.3, -0.25) is 4.79 Å². The highest BCUT2D eigenvalue weighted by Gasteiger charge is 2.18. The summed E-state index contributed by atoms with van der Waals surface area (Å²) in [6, 6.07) is 4.28. The van der Waals surface area contributed by atoms with Gasteiger partial charge in [-0.1, -0.05) is 0 Å². The molecule has 0 spiro atoms. The van der Waals surface area contributed by atoms with E-state index in [2.05, 4.69) is 10.6 Å². The predicted molar refractivity (Wildman–Crippen MR) is 75.8 cm³/mol. The molecule has 0 aromatic heterocycles. The number of methoxy groups -OCH3 is 1. The summed E-state index contributed by atoms with van der Waals surface area (Å²) < 4.78 is 10.4. The van der Waals surface area contributed by atoms with Crippen molar-refractivity contribution in [2.24, 2.45) is 0 Å². The van der Waals surface area contributed by atoms with Gasteiger partial charge >= 0.3 is 5.97 Å². The molecule has 1 fully saturated rings. The zero-order valence-electron chi connectivity index (χ0n) is 11.7. The molecular formula is C14H18N2O5. The van der Waals surface area contributed by atoms with Gasteiger partial charge in [0.2, 0.25) is 5.91 Å². The Bertz CT molecular complexity index is 526. The van der Waals surface area contributed by atoms with Crippen LogP contribution in [0.1, 0.15) is 16.8 Å². The number of anilines is 1. The van der Waals surface area contributed by atoms with Crippen molar-refractivity contribution in [3.8, 4) is 5.75 Å². The van der Waals surface area contributed by atoms with E-state index >= 15 is 0 Å². The molecule has 1 atom stereocenters. The molecule has 3 N–H and O–H groups in total. The number of carboxylic acid groups (broad SMARTS) is 1. The van der Waals surface area contributed by atoms with Gasteiger partial charge in [0, 0.05) is 19.0 Å². The number of benzene rings is 1.